The van der Waals surface area contributed by atoms with Crippen molar-refractivity contribution in [1.82, 2.24) is 0 Å². The first-order valence-electron chi connectivity index (χ1n) is 5.71. The predicted octanol–water partition coefficient (Wildman–Crippen LogP) is 0.118. The van der Waals surface area contributed by atoms with E-state index >= 15 is 0 Å². The average Bonchev–Trinajstić information content (AvgIpc) is 2.14. The van der Waals surface area contributed by atoms with E-state index in [2.05, 4.69) is 6.58 Å². The van der Waals surface area contributed by atoms with Crippen molar-refractivity contribution in [3.05, 3.63) is 12.2 Å². The Balaban J connectivity index is 3.90. The van der Waals surface area contributed by atoms with Crippen molar-refractivity contribution in [2.24, 2.45) is 0 Å². The number of esters is 1. The molecule has 7 heteroatoms. The first-order valence-corrected chi connectivity index (χ1v) is 7.47. The van der Waals surface area contributed by atoms with Crippen LogP contribution in [-0.4, -0.2) is 55.3 Å². The highest BCUT2D eigenvalue weighted by Gasteiger charge is 2.16. The molecule has 0 aliphatic carbocycles. The molecular formula is C11H22NO5P. The van der Waals surface area contributed by atoms with Crippen LogP contribution in [0.5, 0.6) is 0 Å². The van der Waals surface area contributed by atoms with Gasteiger partial charge in [0.05, 0.1) is 20.6 Å². The second kappa shape index (κ2) is 7.04. The lowest BCUT2D eigenvalue weighted by molar-refractivity contribution is -0.890. The van der Waals surface area contributed by atoms with Crippen LogP contribution < -0.4 is 4.89 Å². The third-order valence-electron chi connectivity index (χ3n) is 2.48. The molecule has 0 radical (unpaired) electrons. The van der Waals surface area contributed by atoms with Crippen molar-refractivity contribution >= 4 is 13.6 Å². The summed E-state index contributed by atoms with van der Waals surface area (Å²) < 4.78 is 16.1. The van der Waals surface area contributed by atoms with Crippen molar-refractivity contribution < 1.29 is 28.4 Å². The summed E-state index contributed by atoms with van der Waals surface area (Å²) in [6, 6.07) is 0. The standard InChI is InChI=1S/C11H22NO5P/c1-10(2)11(13)17-8-7-12(3,4)6-5-9-18(14,15)16/h1,5-9H2,2-4H3,(H-,14,15,16). The molecule has 0 saturated carbocycles. The zero-order valence-electron chi connectivity index (χ0n) is 11.2. The number of carbonyl (C=O) groups excluding carboxylic acids is 1. The third kappa shape index (κ3) is 9.36. The zero-order valence-corrected chi connectivity index (χ0v) is 12.1. The van der Waals surface area contributed by atoms with Crippen LogP contribution in [0, 0.1) is 0 Å². The van der Waals surface area contributed by atoms with Gasteiger partial charge in [-0.15, -0.1) is 0 Å². The maximum absolute atomic E-state index is 11.1. The van der Waals surface area contributed by atoms with E-state index in [0.717, 1.165) is 0 Å². The van der Waals surface area contributed by atoms with Gasteiger partial charge in [-0.05, 0) is 6.92 Å². The SMILES string of the molecule is C=C(C)C(=O)OCC[N+](C)(C)CCCP(=O)([O-])O. The molecule has 0 aliphatic rings. The monoisotopic (exact) mass is 279 g/mol. The number of rotatable bonds is 8. The smallest absolute Gasteiger partial charge is 0.333 e. The molecule has 0 heterocycles. The van der Waals surface area contributed by atoms with E-state index in [0.29, 0.717) is 29.6 Å². The molecule has 0 saturated heterocycles. The van der Waals surface area contributed by atoms with Crippen LogP contribution in [-0.2, 0) is 14.1 Å². The first kappa shape index (κ1) is 17.3. The zero-order chi connectivity index (χ0) is 14.4. The number of hydrogen-bond acceptors (Lipinski definition) is 4. The Morgan fingerprint density at radius 3 is 2.44 bits per heavy atom. The van der Waals surface area contributed by atoms with E-state index in [4.69, 9.17) is 9.63 Å². The van der Waals surface area contributed by atoms with Crippen molar-refractivity contribution in [1.29, 1.82) is 0 Å². The lowest BCUT2D eigenvalue weighted by Crippen LogP contribution is -2.43. The Hall–Kier alpha value is -0.680. The van der Waals surface area contributed by atoms with Crippen molar-refractivity contribution in [2.75, 3.05) is 40.0 Å². The summed E-state index contributed by atoms with van der Waals surface area (Å²) in [5.74, 6) is -0.422. The summed E-state index contributed by atoms with van der Waals surface area (Å²) >= 11 is 0. The largest absolute Gasteiger partial charge is 0.779 e. The normalized spacial score (nSPS) is 14.9. The van der Waals surface area contributed by atoms with Gasteiger partial charge in [-0.2, -0.15) is 0 Å². The van der Waals surface area contributed by atoms with Crippen LogP contribution >= 0.6 is 7.60 Å². The molecule has 0 rings (SSSR count). The topological polar surface area (TPSA) is 86.7 Å². The summed E-state index contributed by atoms with van der Waals surface area (Å²) in [7, 11) is -0.354. The minimum absolute atomic E-state index is 0.222. The second-order valence-electron chi connectivity index (χ2n) is 5.01. The Morgan fingerprint density at radius 1 is 1.44 bits per heavy atom. The van der Waals surface area contributed by atoms with Gasteiger partial charge >= 0.3 is 5.97 Å². The number of quaternary nitrogens is 1. The number of carbonyl (C=O) groups is 1. The highest BCUT2D eigenvalue weighted by Crippen LogP contribution is 2.29. The van der Waals surface area contributed by atoms with Gasteiger partial charge in [-0.25, -0.2) is 4.79 Å². The Labute approximate surface area is 108 Å². The molecule has 0 amide bonds. The summed E-state index contributed by atoms with van der Waals surface area (Å²) in [4.78, 5) is 30.4. The molecule has 18 heavy (non-hydrogen) atoms. The fourth-order valence-electron chi connectivity index (χ4n) is 1.32. The van der Waals surface area contributed by atoms with Crippen molar-refractivity contribution in [3.8, 4) is 0 Å². The fraction of sp³-hybridized carbons (Fsp3) is 0.727. The van der Waals surface area contributed by atoms with Crippen LogP contribution in [0.15, 0.2) is 12.2 Å². The van der Waals surface area contributed by atoms with Gasteiger partial charge in [0, 0.05) is 18.2 Å². The molecule has 0 aromatic heterocycles. The molecule has 1 N–H and O–H groups in total. The van der Waals surface area contributed by atoms with Gasteiger partial charge in [0.25, 0.3) is 0 Å². The molecule has 1 unspecified atom stereocenters. The molecule has 0 bridgehead atoms. The van der Waals surface area contributed by atoms with Crippen molar-refractivity contribution in [3.63, 3.8) is 0 Å². The Morgan fingerprint density at radius 2 is 2.00 bits per heavy atom. The lowest BCUT2D eigenvalue weighted by atomic mass is 10.3. The molecule has 106 valence electrons. The van der Waals surface area contributed by atoms with Crippen LogP contribution in [0.1, 0.15) is 13.3 Å². The molecular weight excluding hydrogens is 257 g/mol. The van der Waals surface area contributed by atoms with E-state index in [9.17, 15) is 14.3 Å². The summed E-state index contributed by atoms with van der Waals surface area (Å²) in [5.41, 5.74) is 0.355. The molecule has 0 fully saturated rings. The van der Waals surface area contributed by atoms with Crippen LogP contribution in [0.2, 0.25) is 0 Å². The van der Waals surface area contributed by atoms with Gasteiger partial charge in [0.15, 0.2) is 0 Å². The fourth-order valence-corrected chi connectivity index (χ4v) is 1.86. The predicted molar refractivity (Wildman–Crippen MR) is 66.9 cm³/mol. The maximum Gasteiger partial charge on any atom is 0.333 e. The summed E-state index contributed by atoms with van der Waals surface area (Å²) in [5, 5.41) is 0. The van der Waals surface area contributed by atoms with E-state index in [1.807, 2.05) is 14.1 Å². The molecule has 6 nitrogen and oxygen atoms in total. The first-order chi connectivity index (χ1) is 8.03. The van der Waals surface area contributed by atoms with Gasteiger partial charge < -0.3 is 23.6 Å². The summed E-state index contributed by atoms with van der Waals surface area (Å²) in [6.45, 7) is 6.47. The molecule has 0 aliphatic heterocycles. The molecule has 0 aromatic rings. The minimum Gasteiger partial charge on any atom is -0.779 e. The highest BCUT2D eigenvalue weighted by molar-refractivity contribution is 7.50. The molecule has 0 aromatic carbocycles. The quantitative estimate of drug-likeness (QED) is 0.295. The van der Waals surface area contributed by atoms with E-state index in [1.54, 1.807) is 6.92 Å². The van der Waals surface area contributed by atoms with Crippen LogP contribution in [0.25, 0.3) is 0 Å². The van der Waals surface area contributed by atoms with Crippen molar-refractivity contribution in [2.45, 2.75) is 13.3 Å². The Kier molecular flexibility index (Phi) is 6.78. The third-order valence-corrected chi connectivity index (χ3v) is 3.36. The average molecular weight is 279 g/mol. The lowest BCUT2D eigenvalue weighted by Gasteiger charge is -2.30. The molecule has 1 atom stereocenters. The van der Waals surface area contributed by atoms with Gasteiger partial charge in [-0.3, -0.25) is 0 Å². The van der Waals surface area contributed by atoms with Gasteiger partial charge in [0.2, 0.25) is 0 Å². The Bertz CT molecular complexity index is 347. The number of nitrogens with zero attached hydrogens (tertiary/aromatic N) is 1. The van der Waals surface area contributed by atoms with E-state index < -0.39 is 13.6 Å². The minimum atomic E-state index is -4.16. The van der Waals surface area contributed by atoms with Gasteiger partial charge in [0.1, 0.15) is 20.7 Å². The highest BCUT2D eigenvalue weighted by atomic mass is 31.2. The maximum atomic E-state index is 11.1. The van der Waals surface area contributed by atoms with Gasteiger partial charge in [-0.1, -0.05) is 6.58 Å². The van der Waals surface area contributed by atoms with E-state index in [-0.39, 0.29) is 12.8 Å². The number of ether oxygens (including phenoxy) is 1. The van der Waals surface area contributed by atoms with Crippen LogP contribution in [0.3, 0.4) is 0 Å². The molecule has 0 spiro atoms. The number of hydrogen-bond donors (Lipinski definition) is 1. The number of likely N-dealkylation sites (N-methyl/N-ethyl adjacent to an activating group) is 1. The van der Waals surface area contributed by atoms with E-state index in [1.165, 1.54) is 0 Å². The second-order valence-corrected chi connectivity index (χ2v) is 6.74. The summed E-state index contributed by atoms with van der Waals surface area (Å²) in [6.07, 6.45) is 0.152. The van der Waals surface area contributed by atoms with Crippen LogP contribution in [0.4, 0.5) is 0 Å².